The number of para-hydroxylation sites is 1. The maximum atomic E-state index is 2.69. The molecular formula is C25H41ClN2. The standard InChI is InChI=1S/C25H40N2.ClH/c1-2-3-8-17-26-18-20-27(21-19-26)24-10-5-4-9-23(24)22-11-15-25(16-12-22)13-6-7-14-25;/h4-5,9-10,22H,2-3,6-8,11-21H2,1H3;1H. The Kier molecular flexibility index (Phi) is 8.12. The van der Waals surface area contributed by atoms with Gasteiger partial charge in [0.2, 0.25) is 0 Å². The Morgan fingerprint density at radius 3 is 2.25 bits per heavy atom. The van der Waals surface area contributed by atoms with Gasteiger partial charge in [0.25, 0.3) is 0 Å². The van der Waals surface area contributed by atoms with Crippen molar-refractivity contribution in [2.24, 2.45) is 5.41 Å². The van der Waals surface area contributed by atoms with E-state index in [1.54, 1.807) is 11.3 Å². The molecule has 1 heterocycles. The zero-order chi connectivity index (χ0) is 18.5. The van der Waals surface area contributed by atoms with Crippen LogP contribution in [0.15, 0.2) is 24.3 Å². The highest BCUT2D eigenvalue weighted by Crippen LogP contribution is 2.53. The fraction of sp³-hybridized carbons (Fsp3) is 0.760. The topological polar surface area (TPSA) is 6.48 Å². The summed E-state index contributed by atoms with van der Waals surface area (Å²) in [5.41, 5.74) is 3.96. The minimum atomic E-state index is 0. The highest BCUT2D eigenvalue weighted by molar-refractivity contribution is 5.85. The molecule has 2 aliphatic carbocycles. The third kappa shape index (κ3) is 5.05. The minimum Gasteiger partial charge on any atom is -0.369 e. The lowest BCUT2D eigenvalue weighted by Gasteiger charge is -2.40. The lowest BCUT2D eigenvalue weighted by atomic mass is 9.68. The van der Waals surface area contributed by atoms with Crippen LogP contribution >= 0.6 is 12.4 Å². The average Bonchev–Trinajstić information content (AvgIpc) is 3.17. The van der Waals surface area contributed by atoms with Crippen LogP contribution in [-0.4, -0.2) is 37.6 Å². The SMILES string of the molecule is CCCCCN1CCN(c2ccccc2C2CCC3(CCCC3)CC2)CC1.Cl. The Hall–Kier alpha value is -0.730. The van der Waals surface area contributed by atoms with Gasteiger partial charge in [-0.3, -0.25) is 4.90 Å². The number of benzene rings is 1. The molecule has 28 heavy (non-hydrogen) atoms. The predicted molar refractivity (Wildman–Crippen MR) is 124 cm³/mol. The van der Waals surface area contributed by atoms with Crippen LogP contribution in [0.3, 0.4) is 0 Å². The lowest BCUT2D eigenvalue weighted by molar-refractivity contribution is 0.181. The molecular weight excluding hydrogens is 364 g/mol. The molecule has 3 fully saturated rings. The van der Waals surface area contributed by atoms with Gasteiger partial charge in [-0.1, -0.05) is 50.8 Å². The quantitative estimate of drug-likeness (QED) is 0.490. The zero-order valence-electron chi connectivity index (χ0n) is 18.0. The number of halogens is 1. The van der Waals surface area contributed by atoms with E-state index in [-0.39, 0.29) is 12.4 Å². The van der Waals surface area contributed by atoms with Crippen molar-refractivity contribution in [2.45, 2.75) is 83.5 Å². The molecule has 1 saturated heterocycles. The second kappa shape index (κ2) is 10.3. The van der Waals surface area contributed by atoms with Crippen molar-refractivity contribution in [3.8, 4) is 0 Å². The van der Waals surface area contributed by atoms with Gasteiger partial charge in [-0.2, -0.15) is 0 Å². The molecule has 4 rings (SSSR count). The molecule has 0 radical (unpaired) electrons. The van der Waals surface area contributed by atoms with E-state index < -0.39 is 0 Å². The smallest absolute Gasteiger partial charge is 0.0402 e. The predicted octanol–water partition coefficient (Wildman–Crippen LogP) is 6.64. The van der Waals surface area contributed by atoms with Gasteiger partial charge in [-0.25, -0.2) is 0 Å². The molecule has 0 atom stereocenters. The van der Waals surface area contributed by atoms with E-state index in [1.165, 1.54) is 103 Å². The van der Waals surface area contributed by atoms with Crippen molar-refractivity contribution in [2.75, 3.05) is 37.6 Å². The summed E-state index contributed by atoms with van der Waals surface area (Å²) in [7, 11) is 0. The van der Waals surface area contributed by atoms with Crippen LogP contribution < -0.4 is 4.90 Å². The van der Waals surface area contributed by atoms with Gasteiger partial charge in [0.1, 0.15) is 0 Å². The number of piperazine rings is 1. The maximum absolute atomic E-state index is 2.69. The summed E-state index contributed by atoms with van der Waals surface area (Å²) in [6, 6.07) is 9.38. The van der Waals surface area contributed by atoms with Crippen molar-refractivity contribution in [3.05, 3.63) is 29.8 Å². The van der Waals surface area contributed by atoms with E-state index in [2.05, 4.69) is 41.0 Å². The highest BCUT2D eigenvalue weighted by Gasteiger charge is 2.38. The van der Waals surface area contributed by atoms with Crippen molar-refractivity contribution in [1.82, 2.24) is 4.90 Å². The van der Waals surface area contributed by atoms with Gasteiger partial charge >= 0.3 is 0 Å². The number of anilines is 1. The van der Waals surface area contributed by atoms with E-state index in [0.29, 0.717) is 0 Å². The van der Waals surface area contributed by atoms with Crippen LogP contribution in [0.2, 0.25) is 0 Å². The maximum Gasteiger partial charge on any atom is 0.0402 e. The van der Waals surface area contributed by atoms with Gasteiger partial charge in [-0.05, 0) is 74.5 Å². The molecule has 0 N–H and O–H groups in total. The normalized spacial score (nSPS) is 23.1. The highest BCUT2D eigenvalue weighted by atomic mass is 35.5. The molecule has 3 heteroatoms. The van der Waals surface area contributed by atoms with E-state index in [9.17, 15) is 0 Å². The fourth-order valence-corrected chi connectivity index (χ4v) is 6.08. The average molecular weight is 405 g/mol. The van der Waals surface area contributed by atoms with Crippen molar-refractivity contribution in [3.63, 3.8) is 0 Å². The molecule has 1 aliphatic heterocycles. The molecule has 1 aromatic carbocycles. The summed E-state index contributed by atoms with van der Waals surface area (Å²) in [5.74, 6) is 0.801. The number of rotatable bonds is 6. The van der Waals surface area contributed by atoms with Crippen LogP contribution in [0.4, 0.5) is 5.69 Å². The third-order valence-electron chi connectivity index (χ3n) is 7.88. The van der Waals surface area contributed by atoms with E-state index in [0.717, 1.165) is 11.3 Å². The molecule has 0 bridgehead atoms. The first kappa shape index (κ1) is 22.0. The number of nitrogens with zero attached hydrogens (tertiary/aromatic N) is 2. The van der Waals surface area contributed by atoms with Crippen molar-refractivity contribution < 1.29 is 0 Å². The third-order valence-corrected chi connectivity index (χ3v) is 7.88. The van der Waals surface area contributed by atoms with E-state index >= 15 is 0 Å². The van der Waals surface area contributed by atoms with Gasteiger partial charge in [-0.15, -0.1) is 12.4 Å². The summed E-state index contributed by atoms with van der Waals surface area (Å²) < 4.78 is 0. The van der Waals surface area contributed by atoms with E-state index in [4.69, 9.17) is 0 Å². The molecule has 158 valence electrons. The Morgan fingerprint density at radius 1 is 0.893 bits per heavy atom. The summed E-state index contributed by atoms with van der Waals surface area (Å²) in [6.07, 6.45) is 15.9. The molecule has 0 amide bonds. The summed E-state index contributed by atoms with van der Waals surface area (Å²) in [4.78, 5) is 5.37. The summed E-state index contributed by atoms with van der Waals surface area (Å²) in [5, 5.41) is 0. The molecule has 1 aromatic rings. The molecule has 0 unspecified atom stereocenters. The first-order chi connectivity index (χ1) is 13.3. The van der Waals surface area contributed by atoms with Gasteiger partial charge in [0.15, 0.2) is 0 Å². The fourth-order valence-electron chi connectivity index (χ4n) is 6.08. The zero-order valence-corrected chi connectivity index (χ0v) is 18.8. The number of unbranched alkanes of at least 4 members (excludes halogenated alkanes) is 2. The lowest BCUT2D eigenvalue weighted by Crippen LogP contribution is -2.47. The van der Waals surface area contributed by atoms with Crippen molar-refractivity contribution >= 4 is 18.1 Å². The summed E-state index contributed by atoms with van der Waals surface area (Å²) in [6.45, 7) is 8.50. The van der Waals surface area contributed by atoms with Gasteiger partial charge in [0.05, 0.1) is 0 Å². The Labute approximate surface area is 179 Å². The first-order valence-corrected chi connectivity index (χ1v) is 11.9. The molecule has 1 spiro atoms. The van der Waals surface area contributed by atoms with Crippen LogP contribution in [0, 0.1) is 5.41 Å². The molecule has 2 nitrogen and oxygen atoms in total. The minimum absolute atomic E-state index is 0. The molecule has 3 aliphatic rings. The Bertz CT molecular complexity index is 578. The van der Waals surface area contributed by atoms with Crippen LogP contribution in [0.5, 0.6) is 0 Å². The number of hydrogen-bond donors (Lipinski definition) is 0. The molecule has 0 aromatic heterocycles. The first-order valence-electron chi connectivity index (χ1n) is 11.9. The van der Waals surface area contributed by atoms with E-state index in [1.807, 2.05) is 0 Å². The Morgan fingerprint density at radius 2 is 1.57 bits per heavy atom. The number of hydrogen-bond acceptors (Lipinski definition) is 2. The largest absolute Gasteiger partial charge is 0.369 e. The monoisotopic (exact) mass is 404 g/mol. The van der Waals surface area contributed by atoms with Gasteiger partial charge < -0.3 is 4.90 Å². The second-order valence-corrected chi connectivity index (χ2v) is 9.58. The van der Waals surface area contributed by atoms with Crippen molar-refractivity contribution in [1.29, 1.82) is 0 Å². The second-order valence-electron chi connectivity index (χ2n) is 9.58. The van der Waals surface area contributed by atoms with Gasteiger partial charge in [0, 0.05) is 31.9 Å². The molecule has 2 saturated carbocycles. The Balaban J connectivity index is 0.00000225. The van der Waals surface area contributed by atoms with Crippen LogP contribution in [0.1, 0.15) is 89.0 Å². The van der Waals surface area contributed by atoms with Crippen LogP contribution in [0.25, 0.3) is 0 Å². The van der Waals surface area contributed by atoms with Crippen LogP contribution in [-0.2, 0) is 0 Å². The summed E-state index contributed by atoms with van der Waals surface area (Å²) >= 11 is 0.